The van der Waals surface area contributed by atoms with Gasteiger partial charge in [-0.3, -0.25) is 0 Å². The lowest BCUT2D eigenvalue weighted by Crippen LogP contribution is -2.13. The maximum absolute atomic E-state index is 14.8. The zero-order valence-electron chi connectivity index (χ0n) is 32.0. The number of benzene rings is 7. The summed E-state index contributed by atoms with van der Waals surface area (Å²) in [5.74, 6) is 0. The number of hydrogen-bond acceptors (Lipinski definition) is 4. The van der Waals surface area contributed by atoms with Crippen molar-refractivity contribution in [2.75, 3.05) is 0 Å². The molecular weight excluding hydrogens is 685 g/mol. The first kappa shape index (κ1) is 27.7. The first-order chi connectivity index (χ1) is 26.8. The van der Waals surface area contributed by atoms with E-state index in [0.29, 0.717) is 32.6 Å². The predicted molar refractivity (Wildman–Crippen MR) is 211 cm³/mol. The Balaban J connectivity index is 1.46. The van der Waals surface area contributed by atoms with Gasteiger partial charge in [0.25, 0.3) is 20.0 Å². The van der Waals surface area contributed by atoms with Gasteiger partial charge in [0.15, 0.2) is 0 Å². The summed E-state index contributed by atoms with van der Waals surface area (Å²) >= 11 is 0. The van der Waals surface area contributed by atoms with Crippen LogP contribution in [-0.2, 0) is 20.0 Å². The van der Waals surface area contributed by atoms with E-state index in [1.54, 1.807) is 109 Å². The fourth-order valence-electron chi connectivity index (χ4n) is 7.21. The molecule has 0 aliphatic heterocycles. The minimum atomic E-state index is -4.29. The molecule has 2 heterocycles. The van der Waals surface area contributed by atoms with Crippen LogP contribution in [0.3, 0.4) is 0 Å². The van der Waals surface area contributed by atoms with Gasteiger partial charge < -0.3 is 0 Å². The van der Waals surface area contributed by atoms with E-state index in [1.807, 2.05) is 38.1 Å². The normalized spacial score (nSPS) is 13.4. The Morgan fingerprint density at radius 3 is 1.19 bits per heavy atom. The highest BCUT2D eigenvalue weighted by Crippen LogP contribution is 2.44. The highest BCUT2D eigenvalue weighted by atomic mass is 32.2. The molecule has 0 saturated heterocycles. The number of fused-ring (bicyclic) bond motifs is 6. The topological polar surface area (TPSA) is 78.1 Å². The van der Waals surface area contributed by atoms with Gasteiger partial charge >= 0.3 is 0 Å². The summed E-state index contributed by atoms with van der Waals surface area (Å²) < 4.78 is 98.3. The van der Waals surface area contributed by atoms with E-state index in [4.69, 9.17) is 2.74 Å². The molecule has 0 N–H and O–H groups in total. The maximum atomic E-state index is 14.8. The molecular formula is C44H32N2O4S2. The maximum Gasteiger partial charge on any atom is 0.268 e. The van der Waals surface area contributed by atoms with Gasteiger partial charge in [0.05, 0.1) is 37.3 Å². The number of para-hydroxylation sites is 4. The minimum absolute atomic E-state index is 0.0294. The van der Waals surface area contributed by atoms with Gasteiger partial charge in [-0.1, -0.05) is 132 Å². The fourth-order valence-corrected chi connectivity index (χ4v) is 10.3. The molecule has 6 nitrogen and oxygen atoms in total. The lowest BCUT2D eigenvalue weighted by molar-refractivity contribution is 0.588. The van der Waals surface area contributed by atoms with Crippen molar-refractivity contribution < 1.29 is 22.3 Å². The van der Waals surface area contributed by atoms with E-state index < -0.39 is 44.2 Å². The van der Waals surface area contributed by atoms with Crippen molar-refractivity contribution in [3.8, 4) is 22.3 Å². The van der Waals surface area contributed by atoms with Gasteiger partial charge in [-0.05, 0) is 61.4 Å². The largest absolute Gasteiger partial charge is 0.268 e. The Hall–Kier alpha value is -5.96. The van der Waals surface area contributed by atoms with Crippen molar-refractivity contribution in [1.82, 2.24) is 7.94 Å². The van der Waals surface area contributed by atoms with Crippen molar-refractivity contribution in [2.24, 2.45) is 0 Å². The lowest BCUT2D eigenvalue weighted by Gasteiger charge is -2.17. The quantitative estimate of drug-likeness (QED) is 0.171. The average Bonchev–Trinajstić information content (AvgIpc) is 3.73. The number of rotatable bonds is 6. The van der Waals surface area contributed by atoms with Crippen LogP contribution in [0.4, 0.5) is 0 Å². The SMILES string of the molecule is [2H]c1c([2H])c([2H])c(-c2cccc3c4ccccc4n(S(=O)(=O)c4ccc(C)cc4)c23)c(-c2cccc3c4ccccc4n(S(=O)(=O)c4ccc(C)cc4)c23)c1[2H]. The first-order valence-electron chi connectivity index (χ1n) is 18.6. The second-order valence-electron chi connectivity index (χ2n) is 12.9. The van der Waals surface area contributed by atoms with Gasteiger partial charge in [-0.2, -0.15) is 0 Å². The van der Waals surface area contributed by atoms with Crippen molar-refractivity contribution in [3.63, 3.8) is 0 Å². The van der Waals surface area contributed by atoms with E-state index in [1.165, 1.54) is 7.94 Å². The summed E-state index contributed by atoms with van der Waals surface area (Å²) in [6.07, 6.45) is 0. The highest BCUT2D eigenvalue weighted by Gasteiger charge is 2.28. The molecule has 0 aliphatic carbocycles. The molecule has 0 bridgehead atoms. The third-order valence-corrected chi connectivity index (χ3v) is 13.1. The van der Waals surface area contributed by atoms with Gasteiger partial charge in [0.2, 0.25) is 0 Å². The van der Waals surface area contributed by atoms with E-state index in [9.17, 15) is 19.6 Å². The molecule has 8 heteroatoms. The van der Waals surface area contributed by atoms with E-state index in [2.05, 4.69) is 0 Å². The van der Waals surface area contributed by atoms with Crippen LogP contribution in [0, 0.1) is 13.8 Å². The molecule has 0 amide bonds. The van der Waals surface area contributed by atoms with Crippen LogP contribution in [0.15, 0.2) is 167 Å². The Bertz CT molecular complexity index is 3110. The minimum Gasteiger partial charge on any atom is -0.233 e. The number of aryl methyl sites for hydroxylation is 2. The Morgan fingerprint density at radius 1 is 0.423 bits per heavy atom. The predicted octanol–water partition coefficient (Wildman–Crippen LogP) is 10.3. The molecule has 0 spiro atoms. The van der Waals surface area contributed by atoms with Crippen LogP contribution >= 0.6 is 0 Å². The molecule has 52 heavy (non-hydrogen) atoms. The monoisotopic (exact) mass is 720 g/mol. The molecule has 0 unspecified atom stereocenters. The average molecular weight is 721 g/mol. The summed E-state index contributed by atoms with van der Waals surface area (Å²) in [6, 6.07) is 35.7. The number of aromatic nitrogens is 2. The summed E-state index contributed by atoms with van der Waals surface area (Å²) in [5, 5.41) is 2.38. The van der Waals surface area contributed by atoms with Crippen LogP contribution in [0.5, 0.6) is 0 Å². The molecule has 9 aromatic rings. The van der Waals surface area contributed by atoms with Gasteiger partial charge in [0.1, 0.15) is 0 Å². The molecule has 0 radical (unpaired) electrons. The molecule has 0 aliphatic rings. The summed E-state index contributed by atoms with van der Waals surface area (Å²) in [6.45, 7) is 3.73. The number of nitrogens with zero attached hydrogens (tertiary/aromatic N) is 2. The standard InChI is InChI=1S/C44H32N2O4S2/c1-29-21-25-31(26-22-29)51(47,48)45-41-19-7-5-13-35(41)39-17-9-15-37(43(39)45)33-11-3-4-12-34(33)38-16-10-18-40-36-14-6-8-20-42(36)46(44(38)40)52(49,50)32-27-23-30(2)24-28-32/h3-28H,1-2H3/i3D,4D,11D,12D. The van der Waals surface area contributed by atoms with E-state index in [-0.39, 0.29) is 43.1 Å². The Morgan fingerprint density at radius 2 is 0.788 bits per heavy atom. The van der Waals surface area contributed by atoms with Crippen LogP contribution in [0.25, 0.3) is 65.9 Å². The molecule has 9 rings (SSSR count). The second kappa shape index (κ2) is 11.8. The van der Waals surface area contributed by atoms with Crippen LogP contribution < -0.4 is 0 Å². The Kier molecular flexibility index (Phi) is 6.29. The van der Waals surface area contributed by atoms with Gasteiger partial charge in [0, 0.05) is 32.7 Å². The first-order valence-corrected chi connectivity index (χ1v) is 19.5. The van der Waals surface area contributed by atoms with Crippen molar-refractivity contribution in [2.45, 2.75) is 23.6 Å². The molecule has 0 saturated carbocycles. The van der Waals surface area contributed by atoms with Crippen LogP contribution in [0.1, 0.15) is 16.6 Å². The highest BCUT2D eigenvalue weighted by molar-refractivity contribution is 7.90. The molecule has 7 aromatic carbocycles. The fraction of sp³-hybridized carbons (Fsp3) is 0.0455. The van der Waals surface area contributed by atoms with Crippen LogP contribution in [-0.4, -0.2) is 24.8 Å². The summed E-state index contributed by atoms with van der Waals surface area (Å²) in [7, 11) is -8.57. The summed E-state index contributed by atoms with van der Waals surface area (Å²) in [5.41, 5.74) is 3.52. The smallest absolute Gasteiger partial charge is 0.233 e. The van der Waals surface area contributed by atoms with Gasteiger partial charge in [-0.15, -0.1) is 0 Å². The van der Waals surface area contributed by atoms with E-state index >= 15 is 0 Å². The zero-order chi connectivity index (χ0) is 39.3. The summed E-state index contributed by atoms with van der Waals surface area (Å²) in [4.78, 5) is 0.0951. The number of hydrogen-bond donors (Lipinski definition) is 0. The van der Waals surface area contributed by atoms with E-state index in [0.717, 1.165) is 11.1 Å². The molecule has 0 atom stereocenters. The third kappa shape index (κ3) is 4.75. The van der Waals surface area contributed by atoms with Gasteiger partial charge in [-0.25, -0.2) is 24.8 Å². The van der Waals surface area contributed by atoms with Crippen molar-refractivity contribution in [1.29, 1.82) is 0 Å². The Labute approximate surface area is 307 Å². The third-order valence-electron chi connectivity index (χ3n) is 9.65. The van der Waals surface area contributed by atoms with Crippen molar-refractivity contribution in [3.05, 3.63) is 169 Å². The lowest BCUT2D eigenvalue weighted by atomic mass is 9.92. The zero-order valence-corrected chi connectivity index (χ0v) is 29.7. The van der Waals surface area contributed by atoms with Crippen molar-refractivity contribution >= 4 is 63.7 Å². The molecule has 0 fully saturated rings. The second-order valence-corrected chi connectivity index (χ2v) is 16.4. The molecule has 2 aromatic heterocycles. The van der Waals surface area contributed by atoms with Crippen LogP contribution in [0.2, 0.25) is 0 Å². The molecule has 254 valence electrons.